The Morgan fingerprint density at radius 2 is 1.83 bits per heavy atom. The second kappa shape index (κ2) is 6.22. The van der Waals surface area contributed by atoms with Crippen LogP contribution in [0.5, 0.6) is 0 Å². The molecule has 0 saturated carbocycles. The van der Waals surface area contributed by atoms with E-state index in [1.807, 2.05) is 0 Å². The molecular weight excluding hydrogens is 330 g/mol. The Labute approximate surface area is 132 Å². The predicted octanol–water partition coefficient (Wildman–Crippen LogP) is 2.92. The number of hydrogen-bond acceptors (Lipinski definition) is 6. The number of hydrogen-bond donors (Lipinski definition) is 1. The van der Waals surface area contributed by atoms with E-state index in [0.29, 0.717) is 0 Å². The number of rotatable bonds is 4. The largest absolute Gasteiger partial charge is 0.415 e. The average molecular weight is 339 g/mol. The third-order valence-corrected chi connectivity index (χ3v) is 3.15. The minimum absolute atomic E-state index is 0.0613. The first-order chi connectivity index (χ1) is 11.5. The summed E-state index contributed by atoms with van der Waals surface area (Å²) in [5.74, 6) is -2.89. The number of nitrogen functional groups attached to an aromatic ring is 1. The van der Waals surface area contributed by atoms with Crippen LogP contribution in [-0.4, -0.2) is 20.2 Å². The Morgan fingerprint density at radius 3 is 2.46 bits per heavy atom. The summed E-state index contributed by atoms with van der Waals surface area (Å²) < 4.78 is 57.6. The Bertz CT molecular complexity index is 863. The summed E-state index contributed by atoms with van der Waals surface area (Å²) in [7, 11) is 0. The highest BCUT2D eigenvalue weighted by Gasteiger charge is 2.21. The van der Waals surface area contributed by atoms with Crippen LogP contribution in [0.1, 0.15) is 23.6 Å². The van der Waals surface area contributed by atoms with Crippen molar-refractivity contribution in [2.24, 2.45) is 0 Å². The first-order valence-electron chi connectivity index (χ1n) is 6.62. The number of anilines is 1. The zero-order chi connectivity index (χ0) is 17.3. The van der Waals surface area contributed by atoms with Gasteiger partial charge in [-0.05, 0) is 12.1 Å². The monoisotopic (exact) mass is 339 g/mol. The van der Waals surface area contributed by atoms with Gasteiger partial charge < -0.3 is 10.2 Å². The van der Waals surface area contributed by atoms with Crippen molar-refractivity contribution in [1.29, 1.82) is 0 Å². The van der Waals surface area contributed by atoms with E-state index >= 15 is 0 Å². The Morgan fingerprint density at radius 1 is 1.12 bits per heavy atom. The van der Waals surface area contributed by atoms with Crippen molar-refractivity contribution < 1.29 is 22.0 Å². The predicted molar refractivity (Wildman–Crippen MR) is 73.9 cm³/mol. The lowest BCUT2D eigenvalue weighted by Gasteiger charge is -2.08. The van der Waals surface area contributed by atoms with Crippen molar-refractivity contribution in [3.63, 3.8) is 0 Å². The van der Waals surface area contributed by atoms with Crippen LogP contribution in [0.4, 0.5) is 23.5 Å². The first kappa shape index (κ1) is 15.8. The first-order valence-corrected chi connectivity index (χ1v) is 6.62. The lowest BCUT2D eigenvalue weighted by molar-refractivity contribution is 0.116. The van der Waals surface area contributed by atoms with Crippen LogP contribution in [0, 0.1) is 11.6 Å². The smallest absolute Gasteiger partial charge is 0.314 e. The molecule has 0 spiro atoms. The maximum atomic E-state index is 13.8. The molecule has 3 aromatic rings. The van der Waals surface area contributed by atoms with Crippen molar-refractivity contribution in [2.45, 2.75) is 12.8 Å². The average Bonchev–Trinajstić information content (AvgIpc) is 3.01. The highest BCUT2D eigenvalue weighted by molar-refractivity contribution is 5.56. The van der Waals surface area contributed by atoms with Gasteiger partial charge in [0.1, 0.15) is 11.6 Å². The highest BCUT2D eigenvalue weighted by Crippen LogP contribution is 2.27. The molecule has 3 rings (SSSR count). The lowest BCUT2D eigenvalue weighted by Crippen LogP contribution is -2.05. The van der Waals surface area contributed by atoms with Crippen molar-refractivity contribution in [2.75, 3.05) is 5.73 Å². The molecule has 0 bridgehead atoms. The van der Waals surface area contributed by atoms with Gasteiger partial charge in [-0.15, -0.1) is 10.2 Å². The summed E-state index contributed by atoms with van der Waals surface area (Å²) in [6.07, 6.45) is -2.08. The summed E-state index contributed by atoms with van der Waals surface area (Å²) in [6, 6.07) is 3.39. The van der Waals surface area contributed by atoms with Crippen LogP contribution in [0.15, 0.2) is 28.8 Å². The molecule has 2 N–H and O–H groups in total. The van der Waals surface area contributed by atoms with Crippen molar-refractivity contribution in [3.05, 3.63) is 53.2 Å². The fraction of sp³-hybridized carbons (Fsp3) is 0.143. The van der Waals surface area contributed by atoms with Gasteiger partial charge in [0.15, 0.2) is 0 Å². The normalized spacial score (nSPS) is 11.2. The van der Waals surface area contributed by atoms with Crippen molar-refractivity contribution >= 4 is 5.95 Å². The Balaban J connectivity index is 2.05. The van der Waals surface area contributed by atoms with Crippen LogP contribution >= 0.6 is 0 Å². The minimum atomic E-state index is -2.95. The molecule has 0 aliphatic heterocycles. The molecule has 0 atom stereocenters. The fourth-order valence-electron chi connectivity index (χ4n) is 2.05. The topological polar surface area (TPSA) is 90.7 Å². The fourth-order valence-corrected chi connectivity index (χ4v) is 2.05. The van der Waals surface area contributed by atoms with Gasteiger partial charge in [-0.1, -0.05) is 6.07 Å². The summed E-state index contributed by atoms with van der Waals surface area (Å²) in [5.41, 5.74) is 5.36. The Hall–Kier alpha value is -3.04. The van der Waals surface area contributed by atoms with Crippen LogP contribution < -0.4 is 5.73 Å². The van der Waals surface area contributed by atoms with Crippen LogP contribution in [0.25, 0.3) is 11.5 Å². The molecule has 0 radical (unpaired) electrons. The number of nitrogens with two attached hydrogens (primary N) is 1. The van der Waals surface area contributed by atoms with Gasteiger partial charge in [0, 0.05) is 18.2 Å². The van der Waals surface area contributed by atoms with Crippen LogP contribution in [-0.2, 0) is 6.42 Å². The molecule has 10 heteroatoms. The maximum absolute atomic E-state index is 13.8. The van der Waals surface area contributed by atoms with E-state index in [1.165, 1.54) is 12.3 Å². The standard InChI is InChI=1S/C14H9F4N5O/c15-8-2-1-3-9(16)6(8)4-10-7(5-20-14(19)21-10)12-22-23-13(24-12)11(17)18/h1-3,5,11H,4H2,(H2,19,20,21). The third kappa shape index (κ3) is 3.03. The molecule has 1 aromatic carbocycles. The van der Waals surface area contributed by atoms with Gasteiger partial charge in [-0.25, -0.2) is 18.7 Å². The molecule has 0 amide bonds. The SMILES string of the molecule is Nc1ncc(-c2nnc(C(F)F)o2)c(Cc2c(F)cccc2F)n1. The van der Waals surface area contributed by atoms with E-state index in [-0.39, 0.29) is 35.1 Å². The molecule has 0 fully saturated rings. The third-order valence-electron chi connectivity index (χ3n) is 3.15. The Kier molecular flexibility index (Phi) is 4.11. The molecule has 0 unspecified atom stereocenters. The molecule has 124 valence electrons. The zero-order valence-corrected chi connectivity index (χ0v) is 11.9. The van der Waals surface area contributed by atoms with E-state index in [9.17, 15) is 17.6 Å². The highest BCUT2D eigenvalue weighted by atomic mass is 19.3. The number of benzene rings is 1. The molecular formula is C14H9F4N5O. The van der Waals surface area contributed by atoms with Gasteiger partial charge in [0.25, 0.3) is 11.8 Å². The van der Waals surface area contributed by atoms with E-state index in [1.54, 1.807) is 0 Å². The summed E-state index contributed by atoms with van der Waals surface area (Å²) in [6.45, 7) is 0. The van der Waals surface area contributed by atoms with E-state index in [2.05, 4.69) is 20.2 Å². The lowest BCUT2D eigenvalue weighted by atomic mass is 10.0. The number of aromatic nitrogens is 4. The summed E-state index contributed by atoms with van der Waals surface area (Å²) >= 11 is 0. The second-order valence-corrected chi connectivity index (χ2v) is 4.71. The van der Waals surface area contributed by atoms with Gasteiger partial charge in [-0.2, -0.15) is 8.78 Å². The van der Waals surface area contributed by atoms with Gasteiger partial charge in [0.05, 0.1) is 11.3 Å². The summed E-state index contributed by atoms with van der Waals surface area (Å²) in [5, 5.41) is 6.68. The second-order valence-electron chi connectivity index (χ2n) is 4.71. The van der Waals surface area contributed by atoms with E-state index in [4.69, 9.17) is 10.2 Å². The van der Waals surface area contributed by atoms with Crippen LogP contribution in [0.2, 0.25) is 0 Å². The molecule has 0 saturated heterocycles. The summed E-state index contributed by atoms with van der Waals surface area (Å²) in [4.78, 5) is 7.62. The number of halogens is 4. The van der Waals surface area contributed by atoms with Gasteiger partial charge in [0.2, 0.25) is 5.95 Å². The van der Waals surface area contributed by atoms with Gasteiger partial charge >= 0.3 is 6.43 Å². The van der Waals surface area contributed by atoms with E-state index in [0.717, 1.165) is 12.1 Å². The quantitative estimate of drug-likeness (QED) is 0.735. The zero-order valence-electron chi connectivity index (χ0n) is 11.9. The van der Waals surface area contributed by atoms with Crippen LogP contribution in [0.3, 0.4) is 0 Å². The van der Waals surface area contributed by atoms with E-state index < -0.39 is 24.0 Å². The van der Waals surface area contributed by atoms with Crippen molar-refractivity contribution in [1.82, 2.24) is 20.2 Å². The molecule has 2 heterocycles. The molecule has 0 aliphatic carbocycles. The minimum Gasteiger partial charge on any atom is -0.415 e. The van der Waals surface area contributed by atoms with Crippen molar-refractivity contribution in [3.8, 4) is 11.5 Å². The molecule has 2 aromatic heterocycles. The molecule has 0 aliphatic rings. The molecule has 6 nitrogen and oxygen atoms in total. The number of alkyl halides is 2. The number of nitrogens with zero attached hydrogens (tertiary/aromatic N) is 4. The molecule has 24 heavy (non-hydrogen) atoms. The maximum Gasteiger partial charge on any atom is 0.314 e. The van der Waals surface area contributed by atoms with Gasteiger partial charge in [-0.3, -0.25) is 0 Å².